The van der Waals surface area contributed by atoms with Crippen LogP contribution in [-0.4, -0.2) is 54.1 Å². The first kappa shape index (κ1) is 29.6. The summed E-state index contributed by atoms with van der Waals surface area (Å²) in [4.78, 5) is 23.4. The Morgan fingerprint density at radius 2 is 1.76 bits per heavy atom. The molecule has 42 heavy (non-hydrogen) atoms. The van der Waals surface area contributed by atoms with E-state index in [1.807, 2.05) is 18.2 Å². The average Bonchev–Trinajstić information content (AvgIpc) is 3.39. The van der Waals surface area contributed by atoms with Crippen LogP contribution in [0.25, 0.3) is 10.6 Å². The number of aromatic nitrogens is 1. The molecule has 0 bridgehead atoms. The van der Waals surface area contributed by atoms with E-state index in [1.54, 1.807) is 26.2 Å². The number of aryl methyl sites for hydroxylation is 2. The van der Waals surface area contributed by atoms with E-state index >= 15 is 0 Å². The van der Waals surface area contributed by atoms with Gasteiger partial charge in [0.15, 0.2) is 5.78 Å². The first-order valence-electron chi connectivity index (χ1n) is 13.7. The van der Waals surface area contributed by atoms with Crippen molar-refractivity contribution < 1.29 is 27.8 Å². The van der Waals surface area contributed by atoms with Crippen LogP contribution in [0, 0.1) is 6.92 Å². The zero-order valence-corrected chi connectivity index (χ0v) is 24.3. The van der Waals surface area contributed by atoms with Crippen LogP contribution in [0.1, 0.15) is 38.5 Å². The van der Waals surface area contributed by atoms with E-state index < -0.39 is 11.7 Å². The van der Waals surface area contributed by atoms with Gasteiger partial charge in [-0.05, 0) is 61.4 Å². The number of thiazole rings is 1. The number of anilines is 1. The van der Waals surface area contributed by atoms with Gasteiger partial charge in [0.2, 0.25) is 0 Å². The number of methoxy groups -OCH3 is 1. The largest absolute Gasteiger partial charge is 0.508 e. The normalized spacial score (nSPS) is 14.3. The number of benzene rings is 3. The fraction of sp³-hybridized carbons (Fsp3) is 0.312. The number of ether oxygens (including phenoxy) is 1. The van der Waals surface area contributed by atoms with Gasteiger partial charge in [-0.25, -0.2) is 4.98 Å². The Hall–Kier alpha value is -3.89. The average molecular weight is 596 g/mol. The van der Waals surface area contributed by atoms with E-state index in [0.29, 0.717) is 34.7 Å². The summed E-state index contributed by atoms with van der Waals surface area (Å²) in [6.45, 7) is 5.63. The van der Waals surface area contributed by atoms with Gasteiger partial charge in [-0.1, -0.05) is 18.2 Å². The molecule has 1 N–H and O–H groups in total. The molecule has 5 rings (SSSR count). The standard InChI is InChI=1S/C32H32F3N3O3S/c1-21-18-23(8-11-28(21)39)29(40)12-13-30-27(36-31(42-30)22-6-9-24(10-7-22)32(33,34)35)20-37-14-16-38(17-15-37)25-4-3-5-26(19-25)41-2/h3-11,18-19,39H,12-17,20H2,1-2H3. The number of alkyl halides is 3. The van der Waals surface area contributed by atoms with Crippen molar-refractivity contribution in [3.05, 3.63) is 94.0 Å². The summed E-state index contributed by atoms with van der Waals surface area (Å²) in [5.74, 6) is 0.916. The zero-order valence-electron chi connectivity index (χ0n) is 23.4. The Bertz CT molecular complexity index is 1540. The summed E-state index contributed by atoms with van der Waals surface area (Å²) in [5.41, 5.74) is 3.04. The predicted octanol–water partition coefficient (Wildman–Crippen LogP) is 6.99. The summed E-state index contributed by atoms with van der Waals surface area (Å²) in [6, 6.07) is 17.9. The van der Waals surface area contributed by atoms with Crippen LogP contribution in [-0.2, 0) is 19.1 Å². The Kier molecular flexibility index (Phi) is 8.84. The van der Waals surface area contributed by atoms with Crippen molar-refractivity contribution >= 4 is 22.8 Å². The highest BCUT2D eigenvalue weighted by molar-refractivity contribution is 7.15. The van der Waals surface area contributed by atoms with Crippen molar-refractivity contribution in [2.24, 2.45) is 0 Å². The Labute approximate surface area is 247 Å². The molecule has 0 radical (unpaired) electrons. The summed E-state index contributed by atoms with van der Waals surface area (Å²) in [7, 11) is 1.65. The van der Waals surface area contributed by atoms with Crippen molar-refractivity contribution in [1.29, 1.82) is 0 Å². The van der Waals surface area contributed by atoms with Gasteiger partial charge < -0.3 is 14.7 Å². The zero-order chi connectivity index (χ0) is 29.9. The molecular formula is C32H32F3N3O3S. The van der Waals surface area contributed by atoms with E-state index in [0.717, 1.165) is 60.3 Å². The van der Waals surface area contributed by atoms with Gasteiger partial charge in [0, 0.05) is 66.9 Å². The molecule has 6 nitrogen and oxygen atoms in total. The second kappa shape index (κ2) is 12.5. The number of piperazine rings is 1. The number of ketones is 1. The molecule has 10 heteroatoms. The number of hydrogen-bond donors (Lipinski definition) is 1. The maximum Gasteiger partial charge on any atom is 0.416 e. The monoisotopic (exact) mass is 595 g/mol. The molecule has 2 heterocycles. The number of phenols is 1. The van der Waals surface area contributed by atoms with E-state index in [9.17, 15) is 23.1 Å². The molecule has 1 aliphatic heterocycles. The lowest BCUT2D eigenvalue weighted by Crippen LogP contribution is -2.46. The molecule has 1 aromatic heterocycles. The van der Waals surface area contributed by atoms with E-state index in [4.69, 9.17) is 9.72 Å². The predicted molar refractivity (Wildman–Crippen MR) is 159 cm³/mol. The van der Waals surface area contributed by atoms with Crippen molar-refractivity contribution in [2.45, 2.75) is 32.5 Å². The van der Waals surface area contributed by atoms with Gasteiger partial charge in [-0.3, -0.25) is 9.69 Å². The van der Waals surface area contributed by atoms with Crippen LogP contribution in [0.2, 0.25) is 0 Å². The lowest BCUT2D eigenvalue weighted by atomic mass is 10.0. The van der Waals surface area contributed by atoms with Gasteiger partial charge in [0.25, 0.3) is 0 Å². The number of rotatable bonds is 9. The van der Waals surface area contributed by atoms with Crippen molar-refractivity contribution in [3.8, 4) is 22.1 Å². The van der Waals surface area contributed by atoms with E-state index in [2.05, 4.69) is 15.9 Å². The molecule has 1 saturated heterocycles. The molecule has 0 aliphatic carbocycles. The fourth-order valence-electron chi connectivity index (χ4n) is 5.01. The van der Waals surface area contributed by atoms with Gasteiger partial charge in [-0.2, -0.15) is 13.2 Å². The maximum absolute atomic E-state index is 13.1. The van der Waals surface area contributed by atoms with Gasteiger partial charge in [-0.15, -0.1) is 11.3 Å². The third-order valence-electron chi connectivity index (χ3n) is 7.50. The minimum atomic E-state index is -4.41. The molecule has 0 saturated carbocycles. The minimum absolute atomic E-state index is 0.0413. The Morgan fingerprint density at radius 1 is 1.02 bits per heavy atom. The van der Waals surface area contributed by atoms with E-state index in [-0.39, 0.29) is 18.0 Å². The molecule has 1 aliphatic rings. The van der Waals surface area contributed by atoms with Crippen LogP contribution in [0.4, 0.5) is 18.9 Å². The first-order chi connectivity index (χ1) is 20.1. The highest BCUT2D eigenvalue weighted by Crippen LogP contribution is 2.34. The highest BCUT2D eigenvalue weighted by atomic mass is 32.1. The molecule has 0 atom stereocenters. The second-order valence-corrected chi connectivity index (χ2v) is 11.4. The summed E-state index contributed by atoms with van der Waals surface area (Å²) in [5, 5.41) is 10.4. The Balaban J connectivity index is 1.32. The van der Waals surface area contributed by atoms with Crippen LogP contribution in [0.15, 0.2) is 66.7 Å². The molecule has 3 aromatic carbocycles. The van der Waals surface area contributed by atoms with Crippen LogP contribution >= 0.6 is 11.3 Å². The number of Topliss-reactive ketones (excluding diaryl/α,β-unsaturated/α-hetero) is 1. The minimum Gasteiger partial charge on any atom is -0.508 e. The Morgan fingerprint density at radius 3 is 2.43 bits per heavy atom. The second-order valence-electron chi connectivity index (χ2n) is 10.4. The number of carbonyl (C=O) groups is 1. The fourth-order valence-corrected chi connectivity index (χ4v) is 6.09. The number of hydrogen-bond acceptors (Lipinski definition) is 7. The third-order valence-corrected chi connectivity index (χ3v) is 8.71. The smallest absolute Gasteiger partial charge is 0.416 e. The third kappa shape index (κ3) is 6.94. The lowest BCUT2D eigenvalue weighted by molar-refractivity contribution is -0.137. The molecule has 1 fully saturated rings. The van der Waals surface area contributed by atoms with Crippen molar-refractivity contribution in [2.75, 3.05) is 38.2 Å². The molecule has 0 spiro atoms. The summed E-state index contributed by atoms with van der Waals surface area (Å²) >= 11 is 1.42. The number of aromatic hydroxyl groups is 1. The number of carbonyl (C=O) groups excluding carboxylic acids is 1. The first-order valence-corrected chi connectivity index (χ1v) is 14.5. The number of phenolic OH excluding ortho intramolecular Hbond substituents is 1. The van der Waals surface area contributed by atoms with Gasteiger partial charge >= 0.3 is 6.18 Å². The quantitative estimate of drug-likeness (QED) is 0.211. The van der Waals surface area contributed by atoms with Crippen molar-refractivity contribution in [1.82, 2.24) is 9.88 Å². The SMILES string of the molecule is COc1cccc(N2CCN(Cc3nc(-c4ccc(C(F)(F)F)cc4)sc3CCC(=O)c3ccc(O)c(C)c3)CC2)c1. The lowest BCUT2D eigenvalue weighted by Gasteiger charge is -2.36. The highest BCUT2D eigenvalue weighted by Gasteiger charge is 2.30. The molecule has 220 valence electrons. The molecule has 4 aromatic rings. The molecular weight excluding hydrogens is 563 g/mol. The maximum atomic E-state index is 13.1. The number of halogens is 3. The topological polar surface area (TPSA) is 65.9 Å². The molecule has 0 amide bonds. The van der Waals surface area contributed by atoms with Gasteiger partial charge in [0.1, 0.15) is 16.5 Å². The summed E-state index contributed by atoms with van der Waals surface area (Å²) < 4.78 is 44.7. The number of nitrogens with zero attached hydrogens (tertiary/aromatic N) is 3. The van der Waals surface area contributed by atoms with Crippen LogP contribution in [0.5, 0.6) is 11.5 Å². The molecule has 0 unspecified atom stereocenters. The van der Waals surface area contributed by atoms with E-state index in [1.165, 1.54) is 29.5 Å². The van der Waals surface area contributed by atoms with Crippen LogP contribution in [0.3, 0.4) is 0 Å². The van der Waals surface area contributed by atoms with Gasteiger partial charge in [0.05, 0.1) is 18.4 Å². The summed E-state index contributed by atoms with van der Waals surface area (Å²) in [6.07, 6.45) is -3.68. The van der Waals surface area contributed by atoms with Crippen molar-refractivity contribution in [3.63, 3.8) is 0 Å². The van der Waals surface area contributed by atoms with Crippen LogP contribution < -0.4 is 9.64 Å².